The Labute approximate surface area is 108 Å². The van der Waals surface area contributed by atoms with E-state index < -0.39 is 5.97 Å². The third kappa shape index (κ3) is 1.96. The van der Waals surface area contributed by atoms with E-state index in [9.17, 15) is 9.59 Å². The predicted molar refractivity (Wildman–Crippen MR) is 66.7 cm³/mol. The molecule has 2 aromatic rings. The molecule has 0 bridgehead atoms. The van der Waals surface area contributed by atoms with Crippen molar-refractivity contribution in [2.24, 2.45) is 0 Å². The maximum absolute atomic E-state index is 12.2. The van der Waals surface area contributed by atoms with Crippen molar-refractivity contribution in [3.63, 3.8) is 0 Å². The van der Waals surface area contributed by atoms with Gasteiger partial charge in [0.05, 0.1) is 30.0 Å². The van der Waals surface area contributed by atoms with Crippen LogP contribution in [0.2, 0.25) is 0 Å². The number of H-pyrrole nitrogens is 1. The van der Waals surface area contributed by atoms with Crippen LogP contribution in [0.3, 0.4) is 0 Å². The number of fused-ring (bicyclic) bond motifs is 1. The zero-order valence-corrected chi connectivity index (χ0v) is 10.0. The summed E-state index contributed by atoms with van der Waals surface area (Å²) in [5.41, 5.74) is 2.20. The largest absolute Gasteiger partial charge is 0.478 e. The fourth-order valence-electron chi connectivity index (χ4n) is 2.16. The highest BCUT2D eigenvalue weighted by Crippen LogP contribution is 2.14. The quantitative estimate of drug-likeness (QED) is 0.841. The Kier molecular flexibility index (Phi) is 2.72. The fraction of sp³-hybridized carbons (Fsp3) is 0.231. The number of rotatable bonds is 2. The molecule has 1 aromatic carbocycles. The van der Waals surface area contributed by atoms with Crippen molar-refractivity contribution >= 4 is 5.97 Å². The summed E-state index contributed by atoms with van der Waals surface area (Å²) in [6, 6.07) is 6.15. The molecule has 2 N–H and O–H groups in total. The van der Waals surface area contributed by atoms with Gasteiger partial charge >= 0.3 is 5.97 Å². The third-order valence-electron chi connectivity index (χ3n) is 3.19. The molecule has 0 saturated carbocycles. The summed E-state index contributed by atoms with van der Waals surface area (Å²) in [6.07, 6.45) is 0.685. The Morgan fingerprint density at radius 3 is 2.68 bits per heavy atom. The molecule has 0 aliphatic carbocycles. The lowest BCUT2D eigenvalue weighted by molar-refractivity contribution is 0.0697. The Hall–Kier alpha value is -2.34. The van der Waals surface area contributed by atoms with Crippen molar-refractivity contribution in [2.45, 2.75) is 13.0 Å². The average molecular weight is 260 g/mol. The van der Waals surface area contributed by atoms with Crippen molar-refractivity contribution in [3.8, 4) is 5.69 Å². The minimum Gasteiger partial charge on any atom is -0.478 e. The van der Waals surface area contributed by atoms with Crippen LogP contribution in [-0.2, 0) is 17.8 Å². The van der Waals surface area contributed by atoms with Crippen LogP contribution in [0.25, 0.3) is 5.69 Å². The topological polar surface area (TPSA) is 84.3 Å². The van der Waals surface area contributed by atoms with E-state index in [1.165, 1.54) is 16.8 Å². The van der Waals surface area contributed by atoms with E-state index in [0.29, 0.717) is 30.9 Å². The van der Waals surface area contributed by atoms with Gasteiger partial charge in [0, 0.05) is 12.1 Å². The first-order chi connectivity index (χ1) is 9.16. The van der Waals surface area contributed by atoms with Crippen LogP contribution in [0, 0.1) is 0 Å². The summed E-state index contributed by atoms with van der Waals surface area (Å²) in [4.78, 5) is 23.0. The molecule has 1 aliphatic rings. The highest BCUT2D eigenvalue weighted by molar-refractivity contribution is 5.87. The molecule has 6 nitrogen and oxygen atoms in total. The first kappa shape index (κ1) is 11.7. The van der Waals surface area contributed by atoms with Gasteiger partial charge in [-0.25, -0.2) is 9.48 Å². The Bertz CT molecular complexity index is 682. The van der Waals surface area contributed by atoms with E-state index in [2.05, 4.69) is 5.10 Å². The van der Waals surface area contributed by atoms with Gasteiger partial charge in [0.25, 0.3) is 5.56 Å². The van der Waals surface area contributed by atoms with Crippen LogP contribution < -0.4 is 5.56 Å². The van der Waals surface area contributed by atoms with Gasteiger partial charge in [-0.15, -0.1) is 0 Å². The second-order valence-electron chi connectivity index (χ2n) is 4.36. The molecule has 19 heavy (non-hydrogen) atoms. The van der Waals surface area contributed by atoms with Gasteiger partial charge in [0.1, 0.15) is 0 Å². The number of carbonyl (C=O) groups is 1. The zero-order chi connectivity index (χ0) is 13.4. The molecule has 0 amide bonds. The van der Waals surface area contributed by atoms with Crippen LogP contribution in [-0.4, -0.2) is 27.5 Å². The SMILES string of the molecule is O=C(O)c1ccc(-n2[nH]c3c(c2=O)COCC3)cc1. The molecule has 0 unspecified atom stereocenters. The molecular formula is C13H12N2O4. The fourth-order valence-corrected chi connectivity index (χ4v) is 2.16. The molecule has 6 heteroatoms. The van der Waals surface area contributed by atoms with E-state index in [-0.39, 0.29) is 11.1 Å². The number of aromatic carboxylic acids is 1. The molecule has 0 fully saturated rings. The molecule has 1 aromatic heterocycles. The van der Waals surface area contributed by atoms with Crippen LogP contribution in [0.4, 0.5) is 0 Å². The van der Waals surface area contributed by atoms with E-state index in [1.54, 1.807) is 12.1 Å². The van der Waals surface area contributed by atoms with Crippen LogP contribution >= 0.6 is 0 Å². The third-order valence-corrected chi connectivity index (χ3v) is 3.19. The Morgan fingerprint density at radius 2 is 2.05 bits per heavy atom. The van der Waals surface area contributed by atoms with Gasteiger partial charge in [0.15, 0.2) is 0 Å². The number of benzene rings is 1. The normalized spacial score (nSPS) is 14.1. The van der Waals surface area contributed by atoms with Crippen molar-refractivity contribution in [1.29, 1.82) is 0 Å². The van der Waals surface area contributed by atoms with Crippen molar-refractivity contribution < 1.29 is 14.6 Å². The number of nitrogens with one attached hydrogen (secondary N) is 1. The second kappa shape index (κ2) is 4.40. The number of aromatic nitrogens is 2. The molecular weight excluding hydrogens is 248 g/mol. The van der Waals surface area contributed by atoms with Crippen LogP contribution in [0.15, 0.2) is 29.1 Å². The van der Waals surface area contributed by atoms with Crippen LogP contribution in [0.5, 0.6) is 0 Å². The minimum atomic E-state index is -0.988. The number of carboxylic acids is 1. The van der Waals surface area contributed by atoms with E-state index >= 15 is 0 Å². The van der Waals surface area contributed by atoms with Crippen molar-refractivity contribution in [2.75, 3.05) is 6.61 Å². The van der Waals surface area contributed by atoms with E-state index in [4.69, 9.17) is 9.84 Å². The number of hydrogen-bond acceptors (Lipinski definition) is 3. The number of aromatic amines is 1. The van der Waals surface area contributed by atoms with E-state index in [0.717, 1.165) is 5.69 Å². The smallest absolute Gasteiger partial charge is 0.335 e. The molecule has 2 heterocycles. The average Bonchev–Trinajstić information content (AvgIpc) is 2.77. The molecule has 0 atom stereocenters. The molecule has 0 spiro atoms. The van der Waals surface area contributed by atoms with Gasteiger partial charge in [-0.3, -0.25) is 9.89 Å². The van der Waals surface area contributed by atoms with Gasteiger partial charge < -0.3 is 9.84 Å². The molecule has 98 valence electrons. The molecule has 0 saturated heterocycles. The summed E-state index contributed by atoms with van der Waals surface area (Å²) in [5, 5.41) is 11.9. The van der Waals surface area contributed by atoms with E-state index in [1.807, 2.05) is 0 Å². The number of carboxylic acid groups (broad SMARTS) is 1. The molecule has 3 rings (SSSR count). The monoisotopic (exact) mass is 260 g/mol. The highest BCUT2D eigenvalue weighted by Gasteiger charge is 2.18. The lowest BCUT2D eigenvalue weighted by atomic mass is 10.2. The summed E-state index contributed by atoms with van der Waals surface area (Å²) in [5.74, 6) is -0.988. The minimum absolute atomic E-state index is 0.141. The predicted octanol–water partition coefficient (Wildman–Crippen LogP) is 0.936. The first-order valence-corrected chi connectivity index (χ1v) is 5.91. The molecule has 0 radical (unpaired) electrons. The lowest BCUT2D eigenvalue weighted by Crippen LogP contribution is -2.19. The maximum Gasteiger partial charge on any atom is 0.335 e. The summed E-state index contributed by atoms with van der Waals surface area (Å²) < 4.78 is 6.69. The summed E-state index contributed by atoms with van der Waals surface area (Å²) >= 11 is 0. The number of hydrogen-bond donors (Lipinski definition) is 2. The number of ether oxygens (including phenoxy) is 1. The van der Waals surface area contributed by atoms with Gasteiger partial charge in [0.2, 0.25) is 0 Å². The summed E-state index contributed by atoms with van der Waals surface area (Å²) in [6.45, 7) is 0.926. The van der Waals surface area contributed by atoms with Crippen molar-refractivity contribution in [1.82, 2.24) is 9.78 Å². The van der Waals surface area contributed by atoms with Gasteiger partial charge in [-0.05, 0) is 24.3 Å². The molecule has 1 aliphatic heterocycles. The van der Waals surface area contributed by atoms with Gasteiger partial charge in [-0.1, -0.05) is 0 Å². The maximum atomic E-state index is 12.2. The van der Waals surface area contributed by atoms with Gasteiger partial charge in [-0.2, -0.15) is 0 Å². The Balaban J connectivity index is 2.05. The number of nitrogens with zero attached hydrogens (tertiary/aromatic N) is 1. The Morgan fingerprint density at radius 1 is 1.32 bits per heavy atom. The zero-order valence-electron chi connectivity index (χ0n) is 10.0. The second-order valence-corrected chi connectivity index (χ2v) is 4.36. The summed E-state index contributed by atoms with van der Waals surface area (Å²) in [7, 11) is 0. The highest BCUT2D eigenvalue weighted by atomic mass is 16.5. The lowest BCUT2D eigenvalue weighted by Gasteiger charge is -2.08. The first-order valence-electron chi connectivity index (χ1n) is 5.91. The standard InChI is InChI=1S/C13H12N2O4/c16-12-10-7-19-6-5-11(10)14-15(12)9-3-1-8(2-4-9)13(17)18/h1-4,14H,5-7H2,(H,17,18). The van der Waals surface area contributed by atoms with Crippen LogP contribution in [0.1, 0.15) is 21.6 Å². The van der Waals surface area contributed by atoms with Crippen molar-refractivity contribution in [3.05, 3.63) is 51.4 Å².